The standard InChI is InChI=1S/C26H24N2O4S/c1-3-31-20-13-11-18(12-14-20)27-25(29)22-23(17-9-15-21(33-2)16-10-17)28(32-24(22)26(27)30)19-7-5-4-6-8-19/h4-16,22-24H,3H2,1-2H3/t22-,23-,24+/m1/s1. The lowest BCUT2D eigenvalue weighted by Crippen LogP contribution is -2.37. The van der Waals surface area contributed by atoms with Crippen LogP contribution in [0.15, 0.2) is 83.8 Å². The maximum atomic E-state index is 13.7. The number of imide groups is 1. The molecule has 2 aliphatic rings. The molecule has 0 spiro atoms. The second kappa shape index (κ2) is 8.92. The predicted octanol–water partition coefficient (Wildman–Crippen LogP) is 4.86. The van der Waals surface area contributed by atoms with Gasteiger partial charge in [-0.05, 0) is 67.3 Å². The van der Waals surface area contributed by atoms with Crippen LogP contribution in [0, 0.1) is 5.92 Å². The Morgan fingerprint density at radius 3 is 2.21 bits per heavy atom. The number of hydrogen-bond donors (Lipinski definition) is 0. The van der Waals surface area contributed by atoms with E-state index in [0.717, 1.165) is 16.1 Å². The average molecular weight is 461 g/mol. The van der Waals surface area contributed by atoms with Crippen LogP contribution in [0.1, 0.15) is 18.5 Å². The van der Waals surface area contributed by atoms with Crippen molar-refractivity contribution < 1.29 is 19.2 Å². The number of ether oxygens (including phenoxy) is 1. The number of benzene rings is 3. The third-order valence-electron chi connectivity index (χ3n) is 5.99. The van der Waals surface area contributed by atoms with Crippen molar-refractivity contribution >= 4 is 35.0 Å². The third kappa shape index (κ3) is 3.77. The number of anilines is 2. The number of fused-ring (bicyclic) bond motifs is 1. The molecule has 3 aromatic carbocycles. The molecule has 0 unspecified atom stereocenters. The highest BCUT2D eigenvalue weighted by molar-refractivity contribution is 7.98. The summed E-state index contributed by atoms with van der Waals surface area (Å²) in [5.74, 6) is -0.562. The van der Waals surface area contributed by atoms with Crippen molar-refractivity contribution in [3.63, 3.8) is 0 Å². The molecular formula is C26H24N2O4S. The van der Waals surface area contributed by atoms with Crippen LogP contribution in [0.2, 0.25) is 0 Å². The van der Waals surface area contributed by atoms with Crippen molar-refractivity contribution in [1.29, 1.82) is 0 Å². The van der Waals surface area contributed by atoms with Crippen molar-refractivity contribution in [1.82, 2.24) is 0 Å². The van der Waals surface area contributed by atoms with E-state index < -0.39 is 18.1 Å². The summed E-state index contributed by atoms with van der Waals surface area (Å²) in [6.45, 7) is 2.45. The number of rotatable bonds is 6. The molecule has 2 saturated heterocycles. The van der Waals surface area contributed by atoms with E-state index in [-0.39, 0.29) is 11.8 Å². The Morgan fingerprint density at radius 2 is 1.58 bits per heavy atom. The fourth-order valence-corrected chi connectivity index (χ4v) is 4.87. The Hall–Kier alpha value is -3.29. The number of thioether (sulfide) groups is 1. The highest BCUT2D eigenvalue weighted by Gasteiger charge is 2.60. The SMILES string of the molecule is CCOc1ccc(N2C(=O)[C@H]3[C@H](ON(c4ccccc4)[C@@H]3c3ccc(SC)cc3)C2=O)cc1. The van der Waals surface area contributed by atoms with Crippen molar-refractivity contribution in [2.75, 3.05) is 22.8 Å². The first-order valence-corrected chi connectivity index (χ1v) is 12.1. The van der Waals surface area contributed by atoms with Crippen LogP contribution in [0.4, 0.5) is 11.4 Å². The summed E-state index contributed by atoms with van der Waals surface area (Å²) < 4.78 is 5.49. The molecule has 2 amide bonds. The van der Waals surface area contributed by atoms with Gasteiger partial charge < -0.3 is 4.74 Å². The highest BCUT2D eigenvalue weighted by atomic mass is 32.2. The number of para-hydroxylation sites is 1. The summed E-state index contributed by atoms with van der Waals surface area (Å²) in [7, 11) is 0. The van der Waals surface area contributed by atoms with E-state index in [1.807, 2.05) is 67.8 Å². The zero-order chi connectivity index (χ0) is 22.9. The molecule has 7 heteroatoms. The van der Waals surface area contributed by atoms with Gasteiger partial charge in [-0.2, -0.15) is 0 Å². The van der Waals surface area contributed by atoms with Gasteiger partial charge in [0, 0.05) is 4.90 Å². The molecular weight excluding hydrogens is 436 g/mol. The van der Waals surface area contributed by atoms with E-state index in [4.69, 9.17) is 9.57 Å². The van der Waals surface area contributed by atoms with Crippen LogP contribution in [0.3, 0.4) is 0 Å². The van der Waals surface area contributed by atoms with Crippen molar-refractivity contribution in [2.45, 2.75) is 24.0 Å². The summed E-state index contributed by atoms with van der Waals surface area (Å²) in [5.41, 5.74) is 2.26. The van der Waals surface area contributed by atoms with Gasteiger partial charge in [0.15, 0.2) is 6.10 Å². The van der Waals surface area contributed by atoms with Gasteiger partial charge in [-0.3, -0.25) is 14.4 Å². The third-order valence-corrected chi connectivity index (χ3v) is 6.73. The lowest BCUT2D eigenvalue weighted by atomic mass is 9.90. The first-order valence-electron chi connectivity index (χ1n) is 10.9. The Bertz CT molecular complexity index is 1150. The summed E-state index contributed by atoms with van der Waals surface area (Å²) in [6, 6.07) is 24.3. The van der Waals surface area contributed by atoms with Gasteiger partial charge in [-0.1, -0.05) is 30.3 Å². The lowest BCUT2D eigenvalue weighted by Gasteiger charge is -2.28. The molecule has 0 bridgehead atoms. The monoisotopic (exact) mass is 460 g/mol. The van der Waals surface area contributed by atoms with E-state index >= 15 is 0 Å². The summed E-state index contributed by atoms with van der Waals surface area (Å²) in [6.07, 6.45) is 1.14. The topological polar surface area (TPSA) is 59.1 Å². The molecule has 0 N–H and O–H groups in total. The molecule has 3 atom stereocenters. The maximum Gasteiger partial charge on any atom is 0.266 e. The Labute approximate surface area is 197 Å². The van der Waals surface area contributed by atoms with Gasteiger partial charge in [0.2, 0.25) is 5.91 Å². The van der Waals surface area contributed by atoms with E-state index in [2.05, 4.69) is 0 Å². The van der Waals surface area contributed by atoms with Crippen molar-refractivity contribution in [2.24, 2.45) is 5.92 Å². The number of hydroxylamine groups is 1. The second-order valence-electron chi connectivity index (χ2n) is 7.87. The quantitative estimate of drug-likeness (QED) is 0.387. The number of amides is 2. The van der Waals surface area contributed by atoms with Crippen LogP contribution < -0.4 is 14.7 Å². The Balaban J connectivity index is 1.52. The Kier molecular flexibility index (Phi) is 5.83. The number of carbonyl (C=O) groups is 2. The van der Waals surface area contributed by atoms with E-state index in [1.54, 1.807) is 41.1 Å². The van der Waals surface area contributed by atoms with Gasteiger partial charge in [0.05, 0.1) is 24.0 Å². The van der Waals surface area contributed by atoms with Crippen LogP contribution in [0.25, 0.3) is 0 Å². The van der Waals surface area contributed by atoms with E-state index in [1.165, 1.54) is 4.90 Å². The van der Waals surface area contributed by atoms with Gasteiger partial charge in [0.25, 0.3) is 5.91 Å². The average Bonchev–Trinajstić information content (AvgIpc) is 3.36. The number of carbonyl (C=O) groups excluding carboxylic acids is 2. The second-order valence-corrected chi connectivity index (χ2v) is 8.75. The highest BCUT2D eigenvalue weighted by Crippen LogP contribution is 2.47. The van der Waals surface area contributed by atoms with E-state index in [9.17, 15) is 9.59 Å². The minimum Gasteiger partial charge on any atom is -0.494 e. The largest absolute Gasteiger partial charge is 0.494 e. The maximum absolute atomic E-state index is 13.7. The molecule has 0 radical (unpaired) electrons. The van der Waals surface area contributed by atoms with Crippen LogP contribution in [-0.2, 0) is 14.4 Å². The van der Waals surface area contributed by atoms with Gasteiger partial charge in [-0.15, -0.1) is 11.8 Å². The fourth-order valence-electron chi connectivity index (χ4n) is 4.47. The molecule has 168 valence electrons. The Morgan fingerprint density at radius 1 is 0.879 bits per heavy atom. The number of hydrogen-bond acceptors (Lipinski definition) is 6. The minimum atomic E-state index is -0.880. The molecule has 2 fully saturated rings. The fraction of sp³-hybridized carbons (Fsp3) is 0.231. The van der Waals surface area contributed by atoms with Crippen molar-refractivity contribution in [3.8, 4) is 5.75 Å². The molecule has 0 aromatic heterocycles. The summed E-state index contributed by atoms with van der Waals surface area (Å²) in [4.78, 5) is 35.6. The van der Waals surface area contributed by atoms with Crippen LogP contribution in [0.5, 0.6) is 5.75 Å². The van der Waals surface area contributed by atoms with Gasteiger partial charge in [0.1, 0.15) is 11.7 Å². The van der Waals surface area contributed by atoms with Crippen LogP contribution in [-0.4, -0.2) is 30.8 Å². The molecule has 33 heavy (non-hydrogen) atoms. The smallest absolute Gasteiger partial charge is 0.266 e. The summed E-state index contributed by atoms with van der Waals surface area (Å²) in [5, 5.41) is 1.72. The molecule has 0 saturated carbocycles. The minimum absolute atomic E-state index is 0.258. The zero-order valence-corrected chi connectivity index (χ0v) is 19.2. The van der Waals surface area contributed by atoms with E-state index in [0.29, 0.717) is 18.0 Å². The lowest BCUT2D eigenvalue weighted by molar-refractivity contribution is -0.126. The van der Waals surface area contributed by atoms with Gasteiger partial charge in [-0.25, -0.2) is 9.96 Å². The molecule has 6 nitrogen and oxygen atoms in total. The number of nitrogens with zero attached hydrogens (tertiary/aromatic N) is 2. The summed E-state index contributed by atoms with van der Waals surface area (Å²) >= 11 is 1.66. The first-order chi connectivity index (χ1) is 16.1. The first kappa shape index (κ1) is 21.6. The predicted molar refractivity (Wildman–Crippen MR) is 128 cm³/mol. The van der Waals surface area contributed by atoms with Gasteiger partial charge >= 0.3 is 0 Å². The van der Waals surface area contributed by atoms with Crippen LogP contribution >= 0.6 is 11.8 Å². The zero-order valence-electron chi connectivity index (χ0n) is 18.4. The molecule has 5 rings (SSSR count). The molecule has 2 heterocycles. The molecule has 2 aliphatic heterocycles. The molecule has 0 aliphatic carbocycles. The van der Waals surface area contributed by atoms with Crippen molar-refractivity contribution in [3.05, 3.63) is 84.4 Å². The normalized spacial score (nSPS) is 22.1. The molecule has 3 aromatic rings.